The summed E-state index contributed by atoms with van der Waals surface area (Å²) in [4.78, 5) is 15.0. The van der Waals surface area contributed by atoms with Crippen molar-refractivity contribution in [2.24, 2.45) is 5.92 Å². The molecule has 0 unspecified atom stereocenters. The van der Waals surface area contributed by atoms with Crippen LogP contribution in [0, 0.1) is 16.0 Å². The number of nitrogens with one attached hydrogen (secondary N) is 1. The van der Waals surface area contributed by atoms with Crippen LogP contribution in [0.25, 0.3) is 10.9 Å². The van der Waals surface area contributed by atoms with Gasteiger partial charge in [-0.15, -0.1) is 0 Å². The largest absolute Gasteiger partial charge is 0.396 e. The Balaban J connectivity index is 2.35. The molecular formula is C16H21N3O3. The predicted octanol–water partition coefficient (Wildman–Crippen LogP) is 3.35. The summed E-state index contributed by atoms with van der Waals surface area (Å²) in [5, 5.41) is 24.3. The maximum Gasteiger partial charge on any atom is 0.278 e. The van der Waals surface area contributed by atoms with Gasteiger partial charge in [-0.25, -0.2) is 0 Å². The third-order valence-electron chi connectivity index (χ3n) is 3.79. The van der Waals surface area contributed by atoms with Crippen LogP contribution in [-0.4, -0.2) is 27.7 Å². The second-order valence-electron chi connectivity index (χ2n) is 5.56. The van der Waals surface area contributed by atoms with Crippen LogP contribution < -0.4 is 5.32 Å². The molecular weight excluding hydrogens is 282 g/mol. The molecule has 1 aromatic heterocycles. The Bertz CT molecular complexity index is 660. The Morgan fingerprint density at radius 2 is 2.18 bits per heavy atom. The fraction of sp³-hybridized carbons (Fsp3) is 0.438. The average Bonchev–Trinajstić information content (AvgIpc) is 2.53. The van der Waals surface area contributed by atoms with E-state index in [0.717, 1.165) is 18.5 Å². The minimum atomic E-state index is -0.390. The molecule has 22 heavy (non-hydrogen) atoms. The Morgan fingerprint density at radius 3 is 2.82 bits per heavy atom. The van der Waals surface area contributed by atoms with E-state index in [-0.39, 0.29) is 29.2 Å². The number of hydrogen-bond donors (Lipinski definition) is 2. The van der Waals surface area contributed by atoms with Crippen molar-refractivity contribution in [3.8, 4) is 0 Å². The summed E-state index contributed by atoms with van der Waals surface area (Å²) in [7, 11) is 0. The molecule has 2 atom stereocenters. The van der Waals surface area contributed by atoms with E-state index in [1.165, 1.54) is 6.07 Å². The van der Waals surface area contributed by atoms with E-state index < -0.39 is 0 Å². The maximum absolute atomic E-state index is 11.1. The van der Waals surface area contributed by atoms with Crippen LogP contribution >= 0.6 is 0 Å². The molecule has 0 saturated carbocycles. The Morgan fingerprint density at radius 1 is 1.41 bits per heavy atom. The topological polar surface area (TPSA) is 88.3 Å². The van der Waals surface area contributed by atoms with Crippen LogP contribution in [0.15, 0.2) is 30.5 Å². The van der Waals surface area contributed by atoms with Gasteiger partial charge in [0.05, 0.1) is 16.0 Å². The highest BCUT2D eigenvalue weighted by molar-refractivity contribution is 5.96. The van der Waals surface area contributed by atoms with E-state index in [1.807, 2.05) is 6.92 Å². The van der Waals surface area contributed by atoms with Crippen molar-refractivity contribution in [2.45, 2.75) is 32.7 Å². The summed E-state index contributed by atoms with van der Waals surface area (Å²) < 4.78 is 0. The molecule has 0 aliphatic heterocycles. The molecule has 2 aromatic rings. The van der Waals surface area contributed by atoms with Crippen molar-refractivity contribution in [2.75, 3.05) is 11.9 Å². The molecule has 0 bridgehead atoms. The molecule has 0 aliphatic rings. The summed E-state index contributed by atoms with van der Waals surface area (Å²) in [6.07, 6.45) is 3.36. The van der Waals surface area contributed by atoms with Gasteiger partial charge in [0, 0.05) is 24.9 Å². The van der Waals surface area contributed by atoms with Gasteiger partial charge in [0.15, 0.2) is 0 Å². The number of hydrogen-bond acceptors (Lipinski definition) is 5. The van der Waals surface area contributed by atoms with E-state index in [1.54, 1.807) is 24.4 Å². The highest BCUT2D eigenvalue weighted by Crippen LogP contribution is 2.30. The number of nitrogens with zero attached hydrogens (tertiary/aromatic N) is 2. The lowest BCUT2D eigenvalue weighted by atomic mass is 10.00. The van der Waals surface area contributed by atoms with Crippen molar-refractivity contribution in [1.29, 1.82) is 0 Å². The molecule has 6 heteroatoms. The molecule has 2 rings (SSSR count). The monoisotopic (exact) mass is 303 g/mol. The first-order valence-electron chi connectivity index (χ1n) is 7.46. The standard InChI is InChI=1S/C16H21N3O3/c1-3-12(9-11(2)10-20)18-14-6-7-15(19(21)22)13-5-4-8-17-16(13)14/h4-8,11-12,18,20H,3,9-10H2,1-2H3/t11-,12+/m0/s1. The number of aliphatic hydroxyl groups excluding tert-OH is 1. The number of rotatable bonds is 7. The predicted molar refractivity (Wildman–Crippen MR) is 87.0 cm³/mol. The second-order valence-corrected chi connectivity index (χ2v) is 5.56. The van der Waals surface area contributed by atoms with Crippen LogP contribution in [-0.2, 0) is 0 Å². The lowest BCUT2D eigenvalue weighted by Crippen LogP contribution is -2.22. The minimum absolute atomic E-state index is 0.0606. The third-order valence-corrected chi connectivity index (χ3v) is 3.79. The van der Waals surface area contributed by atoms with Crippen molar-refractivity contribution in [3.05, 3.63) is 40.6 Å². The number of benzene rings is 1. The number of nitro benzene ring substituents is 1. The zero-order valence-electron chi connectivity index (χ0n) is 12.8. The van der Waals surface area contributed by atoms with Gasteiger partial charge < -0.3 is 10.4 Å². The SMILES string of the molecule is CC[C@H](C[C@H](C)CO)Nc1ccc([N+](=O)[O-])c2cccnc12. The first-order chi connectivity index (χ1) is 10.6. The van der Waals surface area contributed by atoms with Crippen molar-refractivity contribution in [1.82, 2.24) is 4.98 Å². The van der Waals surface area contributed by atoms with E-state index in [4.69, 9.17) is 0 Å². The van der Waals surface area contributed by atoms with Gasteiger partial charge in [-0.1, -0.05) is 13.8 Å². The number of aromatic nitrogens is 1. The summed E-state index contributed by atoms with van der Waals surface area (Å²) in [5.74, 6) is 0.203. The normalized spacial score (nSPS) is 13.8. The van der Waals surface area contributed by atoms with Gasteiger partial charge in [0.2, 0.25) is 0 Å². The number of pyridine rings is 1. The molecule has 0 spiro atoms. The fourth-order valence-electron chi connectivity index (χ4n) is 2.54. The number of anilines is 1. The second kappa shape index (κ2) is 7.17. The molecule has 0 aliphatic carbocycles. The highest BCUT2D eigenvalue weighted by Gasteiger charge is 2.17. The Hall–Kier alpha value is -2.21. The summed E-state index contributed by atoms with van der Waals surface area (Å²) >= 11 is 0. The lowest BCUT2D eigenvalue weighted by molar-refractivity contribution is -0.383. The van der Waals surface area contributed by atoms with Crippen molar-refractivity contribution in [3.63, 3.8) is 0 Å². The van der Waals surface area contributed by atoms with Crippen LogP contribution in [0.3, 0.4) is 0 Å². The van der Waals surface area contributed by atoms with Crippen LogP contribution in [0.4, 0.5) is 11.4 Å². The number of aliphatic hydroxyl groups is 1. The van der Waals surface area contributed by atoms with Gasteiger partial charge in [-0.05, 0) is 37.0 Å². The van der Waals surface area contributed by atoms with Gasteiger partial charge in [0.25, 0.3) is 5.69 Å². The van der Waals surface area contributed by atoms with E-state index in [2.05, 4.69) is 17.2 Å². The van der Waals surface area contributed by atoms with E-state index in [0.29, 0.717) is 10.9 Å². The molecule has 1 aromatic carbocycles. The van der Waals surface area contributed by atoms with E-state index in [9.17, 15) is 15.2 Å². The van der Waals surface area contributed by atoms with Crippen LogP contribution in [0.2, 0.25) is 0 Å². The first kappa shape index (κ1) is 16.2. The Kier molecular flexibility index (Phi) is 5.27. The molecule has 0 saturated heterocycles. The summed E-state index contributed by atoms with van der Waals surface area (Å²) in [6.45, 7) is 4.22. The molecule has 0 amide bonds. The van der Waals surface area contributed by atoms with Crippen LogP contribution in [0.5, 0.6) is 0 Å². The number of non-ortho nitro benzene ring substituents is 1. The molecule has 2 N–H and O–H groups in total. The number of nitro groups is 1. The van der Waals surface area contributed by atoms with Gasteiger partial charge in [-0.3, -0.25) is 15.1 Å². The molecule has 0 fully saturated rings. The van der Waals surface area contributed by atoms with Gasteiger partial charge >= 0.3 is 0 Å². The van der Waals surface area contributed by atoms with Crippen LogP contribution in [0.1, 0.15) is 26.7 Å². The molecule has 1 heterocycles. The summed E-state index contributed by atoms with van der Waals surface area (Å²) in [6, 6.07) is 6.82. The quantitative estimate of drug-likeness (QED) is 0.605. The molecule has 118 valence electrons. The first-order valence-corrected chi connectivity index (χ1v) is 7.46. The summed E-state index contributed by atoms with van der Waals surface area (Å²) in [5.41, 5.74) is 1.45. The Labute approximate surface area is 129 Å². The van der Waals surface area contributed by atoms with Gasteiger partial charge in [-0.2, -0.15) is 0 Å². The lowest BCUT2D eigenvalue weighted by Gasteiger charge is -2.21. The smallest absolute Gasteiger partial charge is 0.278 e. The maximum atomic E-state index is 11.1. The third kappa shape index (κ3) is 3.51. The van der Waals surface area contributed by atoms with E-state index >= 15 is 0 Å². The van der Waals surface area contributed by atoms with Crippen molar-refractivity contribution < 1.29 is 10.0 Å². The average molecular weight is 303 g/mol. The molecule has 0 radical (unpaired) electrons. The number of fused-ring (bicyclic) bond motifs is 1. The van der Waals surface area contributed by atoms with Crippen molar-refractivity contribution >= 4 is 22.3 Å². The highest BCUT2D eigenvalue weighted by atomic mass is 16.6. The minimum Gasteiger partial charge on any atom is -0.396 e. The zero-order valence-corrected chi connectivity index (χ0v) is 12.8. The molecule has 6 nitrogen and oxygen atoms in total. The van der Waals surface area contributed by atoms with Gasteiger partial charge in [0.1, 0.15) is 5.52 Å². The zero-order chi connectivity index (χ0) is 16.1. The fourth-order valence-corrected chi connectivity index (χ4v) is 2.54.